The highest BCUT2D eigenvalue weighted by atomic mass is 32.1. The molecule has 0 saturated carbocycles. The van der Waals surface area contributed by atoms with Crippen LogP contribution in [0.5, 0.6) is 11.5 Å². The number of carbonyl (C=O) groups is 1. The lowest BCUT2D eigenvalue weighted by Gasteiger charge is -2.31. The van der Waals surface area contributed by atoms with Crippen LogP contribution in [0.3, 0.4) is 0 Å². The topological polar surface area (TPSA) is 48.0 Å². The maximum Gasteiger partial charge on any atom is 0.232 e. The fourth-order valence-corrected chi connectivity index (χ4v) is 4.99. The number of thiophene rings is 1. The molecule has 2 aromatic rings. The van der Waals surface area contributed by atoms with Crippen LogP contribution in [0, 0.1) is 13.8 Å². The zero-order valence-electron chi connectivity index (χ0n) is 16.1. The van der Waals surface area contributed by atoms with Gasteiger partial charge in [-0.2, -0.15) is 0 Å². The summed E-state index contributed by atoms with van der Waals surface area (Å²) in [4.78, 5) is 16.3. The standard InChI is InChI=1S/C22H23NO4S/c1-13-5-7-28-19(13)9-18-20(24)17-8-15-10-23(11-16-4-3-6-25-16)12-26-21(15)14(2)22(17)27-18/h5,7-9,16H,3-4,6,10-12H2,1-2H3/b18-9-. The SMILES string of the molecule is Cc1ccsc1/C=C1\Oc2c(cc3c(c2C)OCN(CC2CCCO2)C3)C1=O. The van der Waals surface area contributed by atoms with Crippen molar-refractivity contribution in [1.29, 1.82) is 0 Å². The predicted molar refractivity (Wildman–Crippen MR) is 108 cm³/mol. The summed E-state index contributed by atoms with van der Waals surface area (Å²) in [6, 6.07) is 3.99. The smallest absolute Gasteiger partial charge is 0.232 e. The molecule has 28 heavy (non-hydrogen) atoms. The minimum Gasteiger partial charge on any atom is -0.477 e. The normalized spacial score (nSPS) is 22.9. The number of benzene rings is 1. The molecular formula is C22H23NO4S. The third-order valence-corrected chi connectivity index (χ3v) is 6.62. The molecule has 1 atom stereocenters. The van der Waals surface area contributed by atoms with Gasteiger partial charge in [0.1, 0.15) is 18.2 Å². The molecule has 3 aliphatic heterocycles. The largest absolute Gasteiger partial charge is 0.477 e. The summed E-state index contributed by atoms with van der Waals surface area (Å²) in [7, 11) is 0. The zero-order chi connectivity index (χ0) is 19.3. The molecule has 0 radical (unpaired) electrons. The van der Waals surface area contributed by atoms with Crippen LogP contribution in [0.4, 0.5) is 0 Å². The van der Waals surface area contributed by atoms with Gasteiger partial charge < -0.3 is 14.2 Å². The number of Topliss-reactive ketones (excluding diaryl/α,β-unsaturated/α-hetero) is 1. The minimum atomic E-state index is -0.0510. The van der Waals surface area contributed by atoms with Crippen molar-refractivity contribution in [3.05, 3.63) is 50.4 Å². The minimum absolute atomic E-state index is 0.0510. The first-order valence-corrected chi connectivity index (χ1v) is 10.6. The second kappa shape index (κ2) is 7.03. The Morgan fingerprint density at radius 3 is 2.96 bits per heavy atom. The Morgan fingerprint density at radius 1 is 1.32 bits per heavy atom. The summed E-state index contributed by atoms with van der Waals surface area (Å²) in [6.07, 6.45) is 4.38. The highest BCUT2D eigenvalue weighted by Gasteiger charge is 2.34. The summed E-state index contributed by atoms with van der Waals surface area (Å²) >= 11 is 1.61. The van der Waals surface area contributed by atoms with E-state index >= 15 is 0 Å². The van der Waals surface area contributed by atoms with Crippen LogP contribution in [-0.4, -0.2) is 36.7 Å². The van der Waals surface area contributed by atoms with Gasteiger partial charge in [0.25, 0.3) is 0 Å². The van der Waals surface area contributed by atoms with Crippen LogP contribution in [0.2, 0.25) is 0 Å². The lowest BCUT2D eigenvalue weighted by molar-refractivity contribution is 0.0276. The zero-order valence-corrected chi connectivity index (χ0v) is 16.9. The summed E-state index contributed by atoms with van der Waals surface area (Å²) in [5.41, 5.74) is 3.74. The van der Waals surface area contributed by atoms with E-state index in [0.29, 0.717) is 23.8 Å². The van der Waals surface area contributed by atoms with E-state index in [2.05, 4.69) is 4.90 Å². The number of allylic oxidation sites excluding steroid dienone is 1. The number of ketones is 1. The Morgan fingerprint density at radius 2 is 2.21 bits per heavy atom. The van der Waals surface area contributed by atoms with E-state index < -0.39 is 0 Å². The number of nitrogens with zero attached hydrogens (tertiary/aromatic N) is 1. The number of aryl methyl sites for hydroxylation is 1. The number of ether oxygens (including phenoxy) is 3. The molecule has 1 saturated heterocycles. The summed E-state index contributed by atoms with van der Waals surface area (Å²) in [6.45, 7) is 7.03. The van der Waals surface area contributed by atoms with Crippen LogP contribution in [-0.2, 0) is 11.3 Å². The van der Waals surface area contributed by atoms with Gasteiger partial charge in [-0.3, -0.25) is 9.69 Å². The van der Waals surface area contributed by atoms with Crippen LogP contribution < -0.4 is 9.47 Å². The number of fused-ring (bicyclic) bond motifs is 2. The van der Waals surface area contributed by atoms with E-state index in [4.69, 9.17) is 14.2 Å². The second-order valence-corrected chi connectivity index (χ2v) is 8.64. The summed E-state index contributed by atoms with van der Waals surface area (Å²) < 4.78 is 17.8. The fraction of sp³-hybridized carbons (Fsp3) is 0.409. The predicted octanol–water partition coefficient (Wildman–Crippen LogP) is 4.31. The van der Waals surface area contributed by atoms with Crippen LogP contribution in [0.25, 0.3) is 6.08 Å². The van der Waals surface area contributed by atoms with Gasteiger partial charge in [-0.25, -0.2) is 0 Å². The van der Waals surface area contributed by atoms with Gasteiger partial charge in [0.05, 0.1) is 11.7 Å². The molecule has 5 nitrogen and oxygen atoms in total. The molecule has 0 amide bonds. The Balaban J connectivity index is 1.43. The number of rotatable bonds is 3. The third kappa shape index (κ3) is 3.05. The molecule has 6 heteroatoms. The van der Waals surface area contributed by atoms with Crippen molar-refractivity contribution in [3.8, 4) is 11.5 Å². The van der Waals surface area contributed by atoms with Crippen molar-refractivity contribution in [2.45, 2.75) is 39.3 Å². The van der Waals surface area contributed by atoms with Gasteiger partial charge in [0.2, 0.25) is 5.78 Å². The van der Waals surface area contributed by atoms with Crippen molar-refractivity contribution < 1.29 is 19.0 Å². The Bertz CT molecular complexity index is 971. The second-order valence-electron chi connectivity index (χ2n) is 7.69. The number of carbonyl (C=O) groups excluding carboxylic acids is 1. The molecule has 0 spiro atoms. The van der Waals surface area contributed by atoms with Crippen molar-refractivity contribution >= 4 is 23.2 Å². The highest BCUT2D eigenvalue weighted by molar-refractivity contribution is 7.11. The molecular weight excluding hydrogens is 374 g/mol. The number of hydrogen-bond donors (Lipinski definition) is 0. The van der Waals surface area contributed by atoms with E-state index in [-0.39, 0.29) is 11.9 Å². The Kier molecular flexibility index (Phi) is 4.50. The van der Waals surface area contributed by atoms with Crippen molar-refractivity contribution in [1.82, 2.24) is 4.90 Å². The van der Waals surface area contributed by atoms with E-state index in [1.165, 1.54) is 0 Å². The van der Waals surface area contributed by atoms with Crippen LogP contribution in [0.1, 0.15) is 44.8 Å². The Hall–Kier alpha value is -2.15. The Labute approximate surface area is 168 Å². The molecule has 1 aromatic heterocycles. The van der Waals surface area contributed by atoms with Gasteiger partial charge >= 0.3 is 0 Å². The molecule has 4 heterocycles. The summed E-state index contributed by atoms with van der Waals surface area (Å²) in [5, 5.41) is 2.02. The maximum atomic E-state index is 13.0. The van der Waals surface area contributed by atoms with Gasteiger partial charge in [-0.05, 0) is 49.8 Å². The molecule has 3 aliphatic rings. The van der Waals surface area contributed by atoms with E-state index in [1.807, 2.05) is 37.4 Å². The number of hydrogen-bond acceptors (Lipinski definition) is 6. The molecule has 1 unspecified atom stereocenters. The monoisotopic (exact) mass is 397 g/mol. The molecule has 146 valence electrons. The van der Waals surface area contributed by atoms with Crippen LogP contribution in [0.15, 0.2) is 23.3 Å². The third-order valence-electron chi connectivity index (χ3n) is 5.65. The molecule has 0 N–H and O–H groups in total. The van der Waals surface area contributed by atoms with Gasteiger partial charge in [-0.15, -0.1) is 11.3 Å². The average Bonchev–Trinajstić information content (AvgIpc) is 3.40. The molecule has 1 aromatic carbocycles. The average molecular weight is 397 g/mol. The molecule has 0 bridgehead atoms. The first kappa shape index (κ1) is 17.9. The highest BCUT2D eigenvalue weighted by Crippen LogP contribution is 2.43. The summed E-state index contributed by atoms with van der Waals surface area (Å²) in [5.74, 6) is 1.83. The molecule has 5 rings (SSSR count). The van der Waals surface area contributed by atoms with E-state index in [0.717, 1.165) is 59.9 Å². The van der Waals surface area contributed by atoms with E-state index in [1.54, 1.807) is 11.3 Å². The van der Waals surface area contributed by atoms with E-state index in [9.17, 15) is 4.79 Å². The molecule has 0 aliphatic carbocycles. The van der Waals surface area contributed by atoms with Crippen molar-refractivity contribution in [2.75, 3.05) is 19.9 Å². The first-order valence-electron chi connectivity index (χ1n) is 9.71. The quantitative estimate of drug-likeness (QED) is 0.722. The molecule has 1 fully saturated rings. The van der Waals surface area contributed by atoms with Crippen molar-refractivity contribution in [2.24, 2.45) is 0 Å². The van der Waals surface area contributed by atoms with Crippen molar-refractivity contribution in [3.63, 3.8) is 0 Å². The maximum absolute atomic E-state index is 13.0. The van der Waals surface area contributed by atoms with Crippen LogP contribution >= 0.6 is 11.3 Å². The van der Waals surface area contributed by atoms with Gasteiger partial charge in [0.15, 0.2) is 5.76 Å². The van der Waals surface area contributed by atoms with Gasteiger partial charge in [-0.1, -0.05) is 0 Å². The first-order chi connectivity index (χ1) is 13.6. The lowest BCUT2D eigenvalue weighted by Crippen LogP contribution is -2.37. The lowest BCUT2D eigenvalue weighted by atomic mass is 10.00. The fourth-order valence-electron chi connectivity index (χ4n) is 4.14. The van der Waals surface area contributed by atoms with Gasteiger partial charge in [0, 0.05) is 41.8 Å².